The summed E-state index contributed by atoms with van der Waals surface area (Å²) in [5.41, 5.74) is 0. The molecule has 1 N–H and O–H groups in total. The SMILES string of the molecule is CNC(=O)C1CCN(C(=O)OCC(C)C)CC1(F)F. The molecule has 1 atom stereocenters. The van der Waals surface area contributed by atoms with Gasteiger partial charge < -0.3 is 15.0 Å². The van der Waals surface area contributed by atoms with Crippen molar-refractivity contribution >= 4 is 12.0 Å². The van der Waals surface area contributed by atoms with Crippen molar-refractivity contribution in [2.45, 2.75) is 26.2 Å². The van der Waals surface area contributed by atoms with Gasteiger partial charge in [0.1, 0.15) is 5.92 Å². The van der Waals surface area contributed by atoms with Gasteiger partial charge in [0.05, 0.1) is 13.2 Å². The van der Waals surface area contributed by atoms with E-state index in [2.05, 4.69) is 5.32 Å². The number of ether oxygens (including phenoxy) is 1. The van der Waals surface area contributed by atoms with E-state index in [1.807, 2.05) is 13.8 Å². The Balaban J connectivity index is 2.60. The molecule has 2 amide bonds. The van der Waals surface area contributed by atoms with Crippen LogP contribution in [0.4, 0.5) is 13.6 Å². The van der Waals surface area contributed by atoms with Crippen LogP contribution >= 0.6 is 0 Å². The van der Waals surface area contributed by atoms with Crippen LogP contribution in [0.5, 0.6) is 0 Å². The van der Waals surface area contributed by atoms with Crippen LogP contribution in [0.15, 0.2) is 0 Å². The minimum absolute atomic E-state index is 0.0660. The first-order chi connectivity index (χ1) is 8.77. The summed E-state index contributed by atoms with van der Waals surface area (Å²) in [5.74, 6) is -5.16. The Morgan fingerprint density at radius 2 is 2.11 bits per heavy atom. The zero-order valence-electron chi connectivity index (χ0n) is 11.4. The number of nitrogens with one attached hydrogen (secondary N) is 1. The summed E-state index contributed by atoms with van der Waals surface area (Å²) in [5, 5.41) is 2.22. The summed E-state index contributed by atoms with van der Waals surface area (Å²) in [6.45, 7) is 3.24. The number of hydrogen-bond donors (Lipinski definition) is 1. The molecule has 7 heteroatoms. The Hall–Kier alpha value is -1.40. The number of piperidine rings is 1. The number of amides is 2. The lowest BCUT2D eigenvalue weighted by molar-refractivity contribution is -0.149. The molecule has 5 nitrogen and oxygen atoms in total. The molecule has 0 spiro atoms. The van der Waals surface area contributed by atoms with Crippen LogP contribution in [0.3, 0.4) is 0 Å². The Morgan fingerprint density at radius 1 is 1.47 bits per heavy atom. The van der Waals surface area contributed by atoms with Gasteiger partial charge in [-0.2, -0.15) is 0 Å². The van der Waals surface area contributed by atoms with Gasteiger partial charge in [-0.05, 0) is 12.3 Å². The second-order valence-corrected chi connectivity index (χ2v) is 5.11. The van der Waals surface area contributed by atoms with E-state index in [4.69, 9.17) is 4.74 Å². The highest BCUT2D eigenvalue weighted by molar-refractivity contribution is 5.80. The van der Waals surface area contributed by atoms with Crippen LogP contribution in [0.2, 0.25) is 0 Å². The molecule has 0 aliphatic carbocycles. The van der Waals surface area contributed by atoms with E-state index in [-0.39, 0.29) is 25.5 Å². The lowest BCUT2D eigenvalue weighted by atomic mass is 9.92. The van der Waals surface area contributed by atoms with Crippen LogP contribution < -0.4 is 5.32 Å². The van der Waals surface area contributed by atoms with E-state index >= 15 is 0 Å². The number of alkyl halides is 2. The van der Waals surface area contributed by atoms with Crippen molar-refractivity contribution < 1.29 is 23.1 Å². The predicted molar refractivity (Wildman–Crippen MR) is 64.9 cm³/mol. The minimum atomic E-state index is -3.23. The number of nitrogens with zero attached hydrogens (tertiary/aromatic N) is 1. The first-order valence-corrected chi connectivity index (χ1v) is 6.29. The molecule has 0 bridgehead atoms. The van der Waals surface area contributed by atoms with Crippen molar-refractivity contribution in [2.24, 2.45) is 11.8 Å². The molecule has 0 radical (unpaired) electrons. The smallest absolute Gasteiger partial charge is 0.409 e. The Labute approximate surface area is 111 Å². The maximum absolute atomic E-state index is 13.8. The largest absolute Gasteiger partial charge is 0.449 e. The topological polar surface area (TPSA) is 58.6 Å². The van der Waals surface area contributed by atoms with Gasteiger partial charge in [-0.15, -0.1) is 0 Å². The second kappa shape index (κ2) is 6.16. The van der Waals surface area contributed by atoms with E-state index in [0.717, 1.165) is 4.90 Å². The van der Waals surface area contributed by atoms with Crippen LogP contribution in [0.25, 0.3) is 0 Å². The molecule has 0 aromatic carbocycles. The lowest BCUT2D eigenvalue weighted by Gasteiger charge is -2.36. The fraction of sp³-hybridized carbons (Fsp3) is 0.833. The van der Waals surface area contributed by atoms with Gasteiger partial charge in [0.15, 0.2) is 0 Å². The molecule has 0 aromatic heterocycles. The molecule has 1 fully saturated rings. The first-order valence-electron chi connectivity index (χ1n) is 6.29. The van der Waals surface area contributed by atoms with Gasteiger partial charge in [0, 0.05) is 13.6 Å². The number of likely N-dealkylation sites (tertiary alicyclic amines) is 1. The highest BCUT2D eigenvalue weighted by atomic mass is 19.3. The molecule has 1 saturated heterocycles. The predicted octanol–water partition coefficient (Wildman–Crippen LogP) is 1.48. The quantitative estimate of drug-likeness (QED) is 0.850. The van der Waals surface area contributed by atoms with Crippen molar-refractivity contribution in [2.75, 3.05) is 26.7 Å². The molecule has 1 aliphatic rings. The van der Waals surface area contributed by atoms with Crippen molar-refractivity contribution in [3.05, 3.63) is 0 Å². The summed E-state index contributed by atoms with van der Waals surface area (Å²) in [4.78, 5) is 23.9. The average molecular weight is 278 g/mol. The van der Waals surface area contributed by atoms with E-state index < -0.39 is 30.4 Å². The standard InChI is InChI=1S/C12H20F2N2O3/c1-8(2)6-19-11(18)16-5-4-9(10(17)15-3)12(13,14)7-16/h8-9H,4-7H2,1-3H3,(H,15,17). The molecule has 1 heterocycles. The fourth-order valence-corrected chi connectivity index (χ4v) is 1.92. The minimum Gasteiger partial charge on any atom is -0.449 e. The second-order valence-electron chi connectivity index (χ2n) is 5.11. The molecule has 0 saturated carbocycles. The number of hydrogen-bond acceptors (Lipinski definition) is 3. The normalized spacial score (nSPS) is 22.2. The molecular weight excluding hydrogens is 258 g/mol. The molecule has 19 heavy (non-hydrogen) atoms. The van der Waals surface area contributed by atoms with Crippen molar-refractivity contribution in [1.82, 2.24) is 10.2 Å². The van der Waals surface area contributed by atoms with Crippen LogP contribution in [-0.2, 0) is 9.53 Å². The lowest BCUT2D eigenvalue weighted by Crippen LogP contribution is -2.54. The molecule has 1 aliphatic heterocycles. The number of carbonyl (C=O) groups is 2. The Bertz CT molecular complexity index is 348. The van der Waals surface area contributed by atoms with Gasteiger partial charge in [-0.1, -0.05) is 13.8 Å². The van der Waals surface area contributed by atoms with Gasteiger partial charge >= 0.3 is 6.09 Å². The molecule has 0 aromatic rings. The zero-order chi connectivity index (χ0) is 14.6. The van der Waals surface area contributed by atoms with E-state index in [0.29, 0.717) is 0 Å². The summed E-state index contributed by atoms with van der Waals surface area (Å²) < 4.78 is 32.5. The average Bonchev–Trinajstić information content (AvgIpc) is 2.33. The zero-order valence-corrected chi connectivity index (χ0v) is 11.4. The first kappa shape index (κ1) is 15.7. The van der Waals surface area contributed by atoms with Gasteiger partial charge in [-0.3, -0.25) is 4.79 Å². The summed E-state index contributed by atoms with van der Waals surface area (Å²) >= 11 is 0. The Morgan fingerprint density at radius 3 is 2.58 bits per heavy atom. The number of rotatable bonds is 3. The summed E-state index contributed by atoms with van der Waals surface area (Å²) in [6, 6.07) is 0. The van der Waals surface area contributed by atoms with Gasteiger partial charge in [0.2, 0.25) is 5.91 Å². The number of carbonyl (C=O) groups excluding carboxylic acids is 2. The third-order valence-corrected chi connectivity index (χ3v) is 2.96. The highest BCUT2D eigenvalue weighted by Gasteiger charge is 2.49. The molecule has 110 valence electrons. The van der Waals surface area contributed by atoms with E-state index in [9.17, 15) is 18.4 Å². The fourth-order valence-electron chi connectivity index (χ4n) is 1.92. The summed E-state index contributed by atoms with van der Waals surface area (Å²) in [7, 11) is 1.32. The van der Waals surface area contributed by atoms with E-state index in [1.165, 1.54) is 7.05 Å². The maximum Gasteiger partial charge on any atom is 0.409 e. The van der Waals surface area contributed by atoms with Gasteiger partial charge in [0.25, 0.3) is 5.92 Å². The third-order valence-electron chi connectivity index (χ3n) is 2.96. The number of halogens is 2. The van der Waals surface area contributed by atoms with E-state index in [1.54, 1.807) is 0 Å². The van der Waals surface area contributed by atoms with Crippen LogP contribution in [-0.4, -0.2) is 49.6 Å². The maximum atomic E-state index is 13.8. The van der Waals surface area contributed by atoms with Crippen molar-refractivity contribution in [1.29, 1.82) is 0 Å². The highest BCUT2D eigenvalue weighted by Crippen LogP contribution is 2.33. The monoisotopic (exact) mass is 278 g/mol. The van der Waals surface area contributed by atoms with Crippen LogP contribution in [0.1, 0.15) is 20.3 Å². The third kappa shape index (κ3) is 4.04. The molecule has 1 unspecified atom stereocenters. The molecular formula is C12H20F2N2O3. The summed E-state index contributed by atoms with van der Waals surface area (Å²) in [6.07, 6.45) is -0.813. The van der Waals surface area contributed by atoms with Crippen LogP contribution in [0, 0.1) is 11.8 Å². The van der Waals surface area contributed by atoms with Gasteiger partial charge in [-0.25, -0.2) is 13.6 Å². The molecule has 1 rings (SSSR count). The van der Waals surface area contributed by atoms with Crippen molar-refractivity contribution in [3.8, 4) is 0 Å². The van der Waals surface area contributed by atoms with Crippen molar-refractivity contribution in [3.63, 3.8) is 0 Å². The Kier molecular flexibility index (Phi) is 5.08.